The number of nitro groups is 1. The summed E-state index contributed by atoms with van der Waals surface area (Å²) in [5.41, 5.74) is 8.83. The number of pyridine rings is 1. The molecule has 1 aromatic carbocycles. The van der Waals surface area contributed by atoms with Crippen LogP contribution in [0.4, 0.5) is 22.9 Å². The average molecular weight is 327 g/mol. The fourth-order valence-electron chi connectivity index (χ4n) is 2.11. The van der Waals surface area contributed by atoms with Gasteiger partial charge in [0.25, 0.3) is 0 Å². The van der Waals surface area contributed by atoms with E-state index in [1.54, 1.807) is 6.07 Å². The predicted octanol–water partition coefficient (Wildman–Crippen LogP) is 3.75. The maximum Gasteiger partial charge on any atom is 0.311 e. The van der Waals surface area contributed by atoms with Crippen LogP contribution in [0.2, 0.25) is 0 Å². The number of nitrogens with zero attached hydrogens (tertiary/aromatic N) is 3. The molecule has 3 rings (SSSR count). The van der Waals surface area contributed by atoms with Crippen molar-refractivity contribution in [3.8, 4) is 10.6 Å². The third-order valence-corrected chi connectivity index (χ3v) is 4.19. The third kappa shape index (κ3) is 2.97. The molecular formula is C15H13N5O2S. The Balaban J connectivity index is 2.01. The van der Waals surface area contributed by atoms with Crippen LogP contribution >= 0.6 is 11.3 Å². The van der Waals surface area contributed by atoms with Gasteiger partial charge in [-0.3, -0.25) is 10.1 Å². The largest absolute Gasteiger partial charge is 0.396 e. The zero-order chi connectivity index (χ0) is 16.4. The summed E-state index contributed by atoms with van der Waals surface area (Å²) in [6, 6.07) is 8.34. The van der Waals surface area contributed by atoms with Crippen molar-refractivity contribution in [2.75, 3.05) is 11.1 Å². The Morgan fingerprint density at radius 1 is 1.30 bits per heavy atom. The first-order valence-electron chi connectivity index (χ1n) is 6.73. The van der Waals surface area contributed by atoms with Gasteiger partial charge in [-0.1, -0.05) is 6.07 Å². The summed E-state index contributed by atoms with van der Waals surface area (Å²) < 4.78 is 0. The minimum absolute atomic E-state index is 0.109. The van der Waals surface area contributed by atoms with E-state index in [1.165, 1.54) is 29.7 Å². The first-order chi connectivity index (χ1) is 11.1. The highest BCUT2D eigenvalue weighted by atomic mass is 32.1. The highest BCUT2D eigenvalue weighted by Gasteiger charge is 2.16. The number of nitrogen functional groups attached to an aromatic ring is 1. The average Bonchev–Trinajstić information content (AvgIpc) is 2.96. The number of thiazole rings is 1. The van der Waals surface area contributed by atoms with Crippen molar-refractivity contribution < 1.29 is 4.92 Å². The SMILES string of the molecule is Cc1csc(-c2cccc(Nc3ncccc3[N+](=O)[O-])c2N)n1. The summed E-state index contributed by atoms with van der Waals surface area (Å²) in [7, 11) is 0. The van der Waals surface area contributed by atoms with Gasteiger partial charge in [-0.2, -0.15) is 0 Å². The van der Waals surface area contributed by atoms with Crippen molar-refractivity contribution in [1.29, 1.82) is 0 Å². The number of nitrogens with two attached hydrogens (primary N) is 1. The summed E-state index contributed by atoms with van der Waals surface area (Å²) >= 11 is 1.50. The highest BCUT2D eigenvalue weighted by molar-refractivity contribution is 7.13. The van der Waals surface area contributed by atoms with Gasteiger partial charge >= 0.3 is 5.69 Å². The van der Waals surface area contributed by atoms with Gasteiger partial charge in [0.1, 0.15) is 5.01 Å². The number of hydrogen-bond acceptors (Lipinski definition) is 7. The summed E-state index contributed by atoms with van der Waals surface area (Å²) in [4.78, 5) is 19.0. The fourth-order valence-corrected chi connectivity index (χ4v) is 2.94. The summed E-state index contributed by atoms with van der Waals surface area (Å²) in [5, 5.41) is 16.8. The zero-order valence-electron chi connectivity index (χ0n) is 12.2. The summed E-state index contributed by atoms with van der Waals surface area (Å²) in [6.07, 6.45) is 1.49. The highest BCUT2D eigenvalue weighted by Crippen LogP contribution is 2.35. The smallest absolute Gasteiger partial charge is 0.311 e. The molecule has 0 atom stereocenters. The first-order valence-corrected chi connectivity index (χ1v) is 7.61. The lowest BCUT2D eigenvalue weighted by Gasteiger charge is -2.11. The fraction of sp³-hybridized carbons (Fsp3) is 0.0667. The number of aromatic nitrogens is 2. The van der Waals surface area contributed by atoms with E-state index in [0.29, 0.717) is 11.4 Å². The van der Waals surface area contributed by atoms with Crippen LogP contribution in [0.1, 0.15) is 5.69 Å². The van der Waals surface area contributed by atoms with Gasteiger partial charge in [-0.25, -0.2) is 9.97 Å². The van der Waals surface area contributed by atoms with Gasteiger partial charge in [0.05, 0.1) is 16.3 Å². The number of aryl methyl sites for hydroxylation is 1. The lowest BCUT2D eigenvalue weighted by atomic mass is 10.1. The molecule has 3 N–H and O–H groups in total. The van der Waals surface area contributed by atoms with Crippen LogP contribution in [-0.4, -0.2) is 14.9 Å². The number of anilines is 3. The Bertz CT molecular complexity index is 878. The van der Waals surface area contributed by atoms with E-state index in [4.69, 9.17) is 5.73 Å². The normalized spacial score (nSPS) is 10.5. The van der Waals surface area contributed by atoms with Gasteiger partial charge in [-0.15, -0.1) is 11.3 Å². The van der Waals surface area contributed by atoms with Gasteiger partial charge in [0, 0.05) is 28.9 Å². The van der Waals surface area contributed by atoms with E-state index in [-0.39, 0.29) is 11.5 Å². The quantitative estimate of drug-likeness (QED) is 0.429. The lowest BCUT2D eigenvalue weighted by Crippen LogP contribution is -2.02. The van der Waals surface area contributed by atoms with Crippen molar-refractivity contribution in [2.24, 2.45) is 0 Å². The number of nitrogens with one attached hydrogen (secondary N) is 1. The summed E-state index contributed by atoms with van der Waals surface area (Å²) in [6.45, 7) is 1.91. The molecule has 0 fully saturated rings. The Morgan fingerprint density at radius 2 is 2.13 bits per heavy atom. The topological polar surface area (TPSA) is 107 Å². The van der Waals surface area contributed by atoms with Crippen molar-refractivity contribution in [3.05, 3.63) is 57.7 Å². The second-order valence-electron chi connectivity index (χ2n) is 4.81. The lowest BCUT2D eigenvalue weighted by molar-refractivity contribution is -0.384. The molecule has 0 saturated carbocycles. The molecule has 8 heteroatoms. The summed E-state index contributed by atoms with van der Waals surface area (Å²) in [5.74, 6) is 0.150. The molecule has 0 saturated heterocycles. The van der Waals surface area contributed by atoms with Crippen LogP contribution in [-0.2, 0) is 0 Å². The molecule has 0 aliphatic rings. The Hall–Kier alpha value is -3.00. The van der Waals surface area contributed by atoms with E-state index in [9.17, 15) is 10.1 Å². The van der Waals surface area contributed by atoms with E-state index in [2.05, 4.69) is 15.3 Å². The van der Waals surface area contributed by atoms with Crippen molar-refractivity contribution >= 4 is 34.2 Å². The molecule has 2 aromatic heterocycles. The third-order valence-electron chi connectivity index (χ3n) is 3.19. The molecule has 0 radical (unpaired) electrons. The van der Waals surface area contributed by atoms with Crippen LogP contribution in [0, 0.1) is 17.0 Å². The molecule has 0 aliphatic heterocycles. The van der Waals surface area contributed by atoms with Crippen molar-refractivity contribution in [3.63, 3.8) is 0 Å². The van der Waals surface area contributed by atoms with E-state index < -0.39 is 4.92 Å². The maximum absolute atomic E-state index is 11.1. The second kappa shape index (κ2) is 6.01. The Morgan fingerprint density at radius 3 is 2.83 bits per heavy atom. The molecular weight excluding hydrogens is 314 g/mol. The van der Waals surface area contributed by atoms with Crippen molar-refractivity contribution in [1.82, 2.24) is 9.97 Å². The molecule has 7 nitrogen and oxygen atoms in total. The number of hydrogen-bond donors (Lipinski definition) is 2. The molecule has 23 heavy (non-hydrogen) atoms. The van der Waals surface area contributed by atoms with Crippen LogP contribution in [0.5, 0.6) is 0 Å². The molecule has 0 unspecified atom stereocenters. The van der Waals surface area contributed by atoms with Crippen molar-refractivity contribution in [2.45, 2.75) is 6.92 Å². The van der Waals surface area contributed by atoms with Gasteiger partial charge in [-0.05, 0) is 25.1 Å². The molecule has 116 valence electrons. The van der Waals surface area contributed by atoms with E-state index in [1.807, 2.05) is 24.4 Å². The Kier molecular flexibility index (Phi) is 3.90. The van der Waals surface area contributed by atoms with Crippen LogP contribution in [0.15, 0.2) is 41.9 Å². The monoisotopic (exact) mass is 327 g/mol. The Labute approximate surface area is 136 Å². The molecule has 0 bridgehead atoms. The van der Waals surface area contributed by atoms with Crippen LogP contribution in [0.3, 0.4) is 0 Å². The zero-order valence-corrected chi connectivity index (χ0v) is 13.0. The molecule has 2 heterocycles. The minimum Gasteiger partial charge on any atom is -0.396 e. The minimum atomic E-state index is -0.487. The van der Waals surface area contributed by atoms with Gasteiger partial charge in [0.2, 0.25) is 5.82 Å². The molecule has 3 aromatic rings. The van der Waals surface area contributed by atoms with Gasteiger partial charge in [0.15, 0.2) is 0 Å². The van der Waals surface area contributed by atoms with Crippen LogP contribution in [0.25, 0.3) is 10.6 Å². The molecule has 0 spiro atoms. The van der Waals surface area contributed by atoms with Gasteiger partial charge < -0.3 is 11.1 Å². The number of rotatable bonds is 4. The number of para-hydroxylation sites is 1. The molecule has 0 amide bonds. The van der Waals surface area contributed by atoms with E-state index in [0.717, 1.165) is 16.3 Å². The standard InChI is InChI=1S/C15H13N5O2S/c1-9-8-23-15(18-9)10-4-2-5-11(13(10)16)19-14-12(20(21)22)6-3-7-17-14/h2-8H,16H2,1H3,(H,17,19). The van der Waals surface area contributed by atoms with E-state index >= 15 is 0 Å². The van der Waals surface area contributed by atoms with Crippen LogP contribution < -0.4 is 11.1 Å². The predicted molar refractivity (Wildman–Crippen MR) is 90.9 cm³/mol. The second-order valence-corrected chi connectivity index (χ2v) is 5.67. The number of benzene rings is 1. The maximum atomic E-state index is 11.1. The molecule has 0 aliphatic carbocycles. The first kappa shape index (κ1) is 14.9.